The van der Waals surface area contributed by atoms with Gasteiger partial charge >= 0.3 is 0 Å². The standard InChI is InChI=1S/C13H6BrClFN3O/c14-8-5-10-17-12(18-13(15)19(10)6-8)11(20)7-1-3-9(16)4-2-7/h1-6H. The topological polar surface area (TPSA) is 47.3 Å². The number of halogens is 3. The summed E-state index contributed by atoms with van der Waals surface area (Å²) in [6.07, 6.45) is 1.70. The number of ketones is 1. The van der Waals surface area contributed by atoms with Crippen LogP contribution in [-0.4, -0.2) is 20.2 Å². The molecule has 2 aromatic heterocycles. The molecule has 0 aliphatic rings. The maximum atomic E-state index is 12.9. The number of fused-ring (bicyclic) bond motifs is 1. The second kappa shape index (κ2) is 4.96. The van der Waals surface area contributed by atoms with Crippen LogP contribution in [-0.2, 0) is 0 Å². The van der Waals surface area contributed by atoms with E-state index in [-0.39, 0.29) is 11.1 Å². The Hall–Kier alpha value is -1.79. The average Bonchev–Trinajstić information content (AvgIpc) is 2.80. The SMILES string of the molecule is O=C(c1ccc(F)cc1)c1nc(Cl)n2cc(Br)cc2n1. The van der Waals surface area contributed by atoms with Crippen molar-refractivity contribution in [2.24, 2.45) is 0 Å². The number of hydrogen-bond donors (Lipinski definition) is 0. The van der Waals surface area contributed by atoms with E-state index in [9.17, 15) is 9.18 Å². The van der Waals surface area contributed by atoms with E-state index < -0.39 is 11.6 Å². The van der Waals surface area contributed by atoms with Gasteiger partial charge in [-0.1, -0.05) is 0 Å². The Kier molecular flexibility index (Phi) is 3.27. The van der Waals surface area contributed by atoms with Crippen molar-refractivity contribution in [3.8, 4) is 0 Å². The number of benzene rings is 1. The normalized spacial score (nSPS) is 10.9. The third-order valence-corrected chi connectivity index (χ3v) is 3.39. The van der Waals surface area contributed by atoms with Gasteiger partial charge in [-0.25, -0.2) is 9.37 Å². The smallest absolute Gasteiger partial charge is 0.230 e. The maximum Gasteiger partial charge on any atom is 0.230 e. The van der Waals surface area contributed by atoms with E-state index >= 15 is 0 Å². The molecule has 0 aliphatic heterocycles. The van der Waals surface area contributed by atoms with Gasteiger partial charge in [0.25, 0.3) is 0 Å². The Morgan fingerprint density at radius 3 is 2.65 bits per heavy atom. The lowest BCUT2D eigenvalue weighted by atomic mass is 10.1. The molecule has 0 fully saturated rings. The highest BCUT2D eigenvalue weighted by Gasteiger charge is 2.15. The highest BCUT2D eigenvalue weighted by Crippen LogP contribution is 2.19. The lowest BCUT2D eigenvalue weighted by Crippen LogP contribution is -2.09. The molecule has 4 nitrogen and oxygen atoms in total. The second-order valence-corrected chi connectivity index (χ2v) is 5.29. The van der Waals surface area contributed by atoms with Crippen molar-refractivity contribution >= 4 is 39.0 Å². The maximum absolute atomic E-state index is 12.9. The summed E-state index contributed by atoms with van der Waals surface area (Å²) in [6.45, 7) is 0. The van der Waals surface area contributed by atoms with Crippen LogP contribution in [0, 0.1) is 5.82 Å². The minimum Gasteiger partial charge on any atom is -0.285 e. The van der Waals surface area contributed by atoms with Crippen LogP contribution >= 0.6 is 27.5 Å². The summed E-state index contributed by atoms with van der Waals surface area (Å²) in [7, 11) is 0. The molecule has 100 valence electrons. The lowest BCUT2D eigenvalue weighted by molar-refractivity contribution is 0.102. The fraction of sp³-hybridized carbons (Fsp3) is 0. The molecule has 0 aliphatic carbocycles. The van der Waals surface area contributed by atoms with Gasteiger partial charge in [0.1, 0.15) is 11.5 Å². The van der Waals surface area contributed by atoms with Crippen LogP contribution < -0.4 is 0 Å². The van der Waals surface area contributed by atoms with Gasteiger partial charge in [-0.05, 0) is 57.9 Å². The summed E-state index contributed by atoms with van der Waals surface area (Å²) in [5.41, 5.74) is 0.805. The Morgan fingerprint density at radius 2 is 1.95 bits per heavy atom. The molecule has 0 saturated heterocycles. The van der Waals surface area contributed by atoms with Gasteiger partial charge in [-0.15, -0.1) is 0 Å². The van der Waals surface area contributed by atoms with Gasteiger partial charge in [0, 0.05) is 16.2 Å². The van der Waals surface area contributed by atoms with Crippen LogP contribution in [0.5, 0.6) is 0 Å². The van der Waals surface area contributed by atoms with Crippen molar-refractivity contribution < 1.29 is 9.18 Å². The van der Waals surface area contributed by atoms with Gasteiger partial charge in [0.2, 0.25) is 16.9 Å². The van der Waals surface area contributed by atoms with Gasteiger partial charge in [0.05, 0.1) is 0 Å². The third kappa shape index (κ3) is 2.32. The fourth-order valence-electron chi connectivity index (χ4n) is 1.76. The summed E-state index contributed by atoms with van der Waals surface area (Å²) in [5, 5.41) is 0.131. The fourth-order valence-corrected chi connectivity index (χ4v) is 2.39. The summed E-state index contributed by atoms with van der Waals surface area (Å²) in [4.78, 5) is 20.3. The molecule has 0 atom stereocenters. The summed E-state index contributed by atoms with van der Waals surface area (Å²) in [6, 6.07) is 6.90. The van der Waals surface area contributed by atoms with Gasteiger partial charge in [-0.3, -0.25) is 9.20 Å². The molecule has 0 spiro atoms. The summed E-state index contributed by atoms with van der Waals surface area (Å²) in [5.74, 6) is -0.849. The minimum atomic E-state index is -0.411. The van der Waals surface area contributed by atoms with Gasteiger partial charge < -0.3 is 0 Å². The van der Waals surface area contributed by atoms with Crippen LogP contribution in [0.2, 0.25) is 5.28 Å². The molecule has 0 amide bonds. The summed E-state index contributed by atoms with van der Waals surface area (Å²) >= 11 is 9.31. The van der Waals surface area contributed by atoms with Gasteiger partial charge in [0.15, 0.2) is 0 Å². The number of aromatic nitrogens is 3. The Bertz CT molecular complexity index is 816. The molecule has 3 rings (SSSR count). The largest absolute Gasteiger partial charge is 0.285 e. The van der Waals surface area contributed by atoms with E-state index in [0.29, 0.717) is 11.2 Å². The van der Waals surface area contributed by atoms with E-state index in [4.69, 9.17) is 11.6 Å². The predicted molar refractivity (Wildman–Crippen MR) is 75.5 cm³/mol. The first-order chi connectivity index (χ1) is 9.54. The number of nitrogens with zero attached hydrogens (tertiary/aromatic N) is 3. The number of carbonyl (C=O) groups is 1. The van der Waals surface area contributed by atoms with E-state index in [1.807, 2.05) is 0 Å². The van der Waals surface area contributed by atoms with E-state index in [0.717, 1.165) is 4.47 Å². The Balaban J connectivity index is 2.09. The van der Waals surface area contributed by atoms with E-state index in [2.05, 4.69) is 25.9 Å². The Morgan fingerprint density at radius 1 is 1.25 bits per heavy atom. The van der Waals surface area contributed by atoms with E-state index in [1.54, 1.807) is 16.7 Å². The molecule has 7 heteroatoms. The average molecular weight is 355 g/mol. The minimum absolute atomic E-state index is 0.0280. The third-order valence-electron chi connectivity index (χ3n) is 2.69. The molecule has 20 heavy (non-hydrogen) atoms. The highest BCUT2D eigenvalue weighted by atomic mass is 79.9. The zero-order valence-electron chi connectivity index (χ0n) is 9.85. The van der Waals surface area contributed by atoms with Gasteiger partial charge in [-0.2, -0.15) is 4.98 Å². The predicted octanol–water partition coefficient (Wildman–Crippen LogP) is 3.52. The van der Waals surface area contributed by atoms with Crippen LogP contribution in [0.4, 0.5) is 4.39 Å². The van der Waals surface area contributed by atoms with E-state index in [1.165, 1.54) is 24.3 Å². The first-order valence-corrected chi connectivity index (χ1v) is 6.73. The van der Waals surface area contributed by atoms with Crippen molar-refractivity contribution in [1.82, 2.24) is 14.4 Å². The molecular formula is C13H6BrClFN3O. The Labute approximate surface area is 126 Å². The van der Waals surface area contributed by atoms with Crippen LogP contribution in [0.1, 0.15) is 16.2 Å². The second-order valence-electron chi connectivity index (χ2n) is 4.04. The first-order valence-electron chi connectivity index (χ1n) is 5.56. The zero-order valence-corrected chi connectivity index (χ0v) is 12.2. The number of rotatable bonds is 2. The highest BCUT2D eigenvalue weighted by molar-refractivity contribution is 9.10. The molecular weight excluding hydrogens is 349 g/mol. The van der Waals surface area contributed by atoms with Crippen LogP contribution in [0.3, 0.4) is 0 Å². The molecule has 0 saturated carbocycles. The van der Waals surface area contributed by atoms with Crippen molar-refractivity contribution in [3.63, 3.8) is 0 Å². The molecule has 2 heterocycles. The first kappa shape index (κ1) is 13.2. The number of hydrogen-bond acceptors (Lipinski definition) is 3. The number of carbonyl (C=O) groups excluding carboxylic acids is 1. The van der Waals surface area contributed by atoms with Crippen molar-refractivity contribution in [3.05, 3.63) is 63.5 Å². The molecule has 0 unspecified atom stereocenters. The van der Waals surface area contributed by atoms with Crippen LogP contribution in [0.25, 0.3) is 5.65 Å². The molecule has 1 aromatic carbocycles. The molecule has 0 N–H and O–H groups in total. The monoisotopic (exact) mass is 353 g/mol. The zero-order chi connectivity index (χ0) is 14.3. The van der Waals surface area contributed by atoms with Crippen LogP contribution in [0.15, 0.2) is 41.0 Å². The molecule has 3 aromatic rings. The lowest BCUT2D eigenvalue weighted by Gasteiger charge is -2.02. The molecule has 0 radical (unpaired) electrons. The van der Waals surface area contributed by atoms with Crippen molar-refractivity contribution in [2.75, 3.05) is 0 Å². The summed E-state index contributed by atoms with van der Waals surface area (Å²) < 4.78 is 15.2. The molecule has 0 bridgehead atoms. The van der Waals surface area contributed by atoms with Crippen molar-refractivity contribution in [2.45, 2.75) is 0 Å². The van der Waals surface area contributed by atoms with Crippen molar-refractivity contribution in [1.29, 1.82) is 0 Å². The quantitative estimate of drug-likeness (QED) is 0.662.